The molecule has 0 aliphatic carbocycles. The van der Waals surface area contributed by atoms with Crippen molar-refractivity contribution in [2.75, 3.05) is 40.0 Å². The van der Waals surface area contributed by atoms with Gasteiger partial charge in [-0.15, -0.1) is 0 Å². The first-order chi connectivity index (χ1) is 9.63. The first-order valence-electron chi connectivity index (χ1n) is 6.64. The van der Waals surface area contributed by atoms with Crippen molar-refractivity contribution < 1.29 is 23.9 Å². The summed E-state index contributed by atoms with van der Waals surface area (Å²) in [6.45, 7) is 1.79. The molecule has 0 unspecified atom stereocenters. The number of cyclic esters (lactones) is 1. The van der Waals surface area contributed by atoms with Gasteiger partial charge in [0.2, 0.25) is 0 Å². The van der Waals surface area contributed by atoms with Crippen LogP contribution in [0.2, 0.25) is 0 Å². The average molecular weight is 285 g/mol. The largest absolute Gasteiger partial charge is 0.439 e. The molecule has 0 aromatic heterocycles. The van der Waals surface area contributed by atoms with Gasteiger partial charge in [-0.25, -0.2) is 14.5 Å². The number of ether oxygens (including phenoxy) is 2. The Kier molecular flexibility index (Phi) is 4.78. The summed E-state index contributed by atoms with van der Waals surface area (Å²) in [7, 11) is 1.57. The van der Waals surface area contributed by atoms with E-state index in [1.54, 1.807) is 12.0 Å². The molecule has 112 valence electrons. The number of likely N-dealkylation sites (tertiary alicyclic amines) is 1. The lowest BCUT2D eigenvalue weighted by Crippen LogP contribution is -2.51. The summed E-state index contributed by atoms with van der Waals surface area (Å²) in [4.78, 5) is 37.7. The van der Waals surface area contributed by atoms with E-state index < -0.39 is 6.09 Å². The molecule has 20 heavy (non-hydrogen) atoms. The van der Waals surface area contributed by atoms with E-state index >= 15 is 0 Å². The predicted octanol–water partition coefficient (Wildman–Crippen LogP) is -0.214. The lowest BCUT2D eigenvalue weighted by Gasteiger charge is -2.34. The highest BCUT2D eigenvalue weighted by molar-refractivity contribution is 5.98. The Balaban J connectivity index is 1.79. The first kappa shape index (κ1) is 14.6. The number of amides is 4. The van der Waals surface area contributed by atoms with Gasteiger partial charge in [-0.3, -0.25) is 4.79 Å². The first-order valence-corrected chi connectivity index (χ1v) is 6.64. The zero-order valence-corrected chi connectivity index (χ0v) is 11.5. The third kappa shape index (κ3) is 3.19. The van der Waals surface area contributed by atoms with Crippen molar-refractivity contribution >= 4 is 18.0 Å². The number of methoxy groups -OCH3 is 1. The molecule has 0 aromatic rings. The average Bonchev–Trinajstić information content (AvgIpc) is 2.78. The molecule has 2 rings (SSSR count). The minimum absolute atomic E-state index is 0.143. The van der Waals surface area contributed by atoms with Crippen molar-refractivity contribution in [1.82, 2.24) is 15.1 Å². The van der Waals surface area contributed by atoms with E-state index in [1.807, 2.05) is 0 Å². The van der Waals surface area contributed by atoms with Gasteiger partial charge < -0.3 is 19.7 Å². The van der Waals surface area contributed by atoms with Crippen molar-refractivity contribution in [3.8, 4) is 0 Å². The summed E-state index contributed by atoms with van der Waals surface area (Å²) in [5, 5.41) is 2.75. The van der Waals surface area contributed by atoms with Crippen LogP contribution >= 0.6 is 0 Å². The monoisotopic (exact) mass is 285 g/mol. The van der Waals surface area contributed by atoms with Gasteiger partial charge in [-0.1, -0.05) is 0 Å². The van der Waals surface area contributed by atoms with E-state index in [9.17, 15) is 14.4 Å². The van der Waals surface area contributed by atoms with E-state index in [0.29, 0.717) is 39.1 Å². The molecule has 2 heterocycles. The maximum atomic E-state index is 11.8. The van der Waals surface area contributed by atoms with Gasteiger partial charge in [0.1, 0.15) is 0 Å². The number of urea groups is 1. The maximum Gasteiger partial charge on any atom is 0.417 e. The van der Waals surface area contributed by atoms with Crippen LogP contribution in [0, 0.1) is 0 Å². The molecular weight excluding hydrogens is 266 g/mol. The molecule has 0 spiro atoms. The SMILES string of the molecule is COCCNC(=O)N1CCC(N2C(=O)COC2=O)CC1. The lowest BCUT2D eigenvalue weighted by atomic mass is 10.0. The standard InChI is InChI=1S/C12H19N3O5/c1-19-7-4-13-11(17)14-5-2-9(3-6-14)15-10(16)8-20-12(15)18/h9H,2-8H2,1H3,(H,13,17). The molecule has 0 bridgehead atoms. The molecule has 4 amide bonds. The van der Waals surface area contributed by atoms with Gasteiger partial charge in [0.25, 0.3) is 5.91 Å². The van der Waals surface area contributed by atoms with Gasteiger partial charge in [0.15, 0.2) is 6.61 Å². The topological polar surface area (TPSA) is 88.2 Å². The van der Waals surface area contributed by atoms with Gasteiger partial charge >= 0.3 is 12.1 Å². The van der Waals surface area contributed by atoms with E-state index in [4.69, 9.17) is 9.47 Å². The molecule has 8 nitrogen and oxygen atoms in total. The number of nitrogens with one attached hydrogen (secondary N) is 1. The summed E-state index contributed by atoms with van der Waals surface area (Å²) in [5.41, 5.74) is 0. The van der Waals surface area contributed by atoms with Crippen LogP contribution in [0.15, 0.2) is 0 Å². The normalized spacial score (nSPS) is 20.2. The number of piperidine rings is 1. The van der Waals surface area contributed by atoms with E-state index in [2.05, 4.69) is 5.32 Å². The molecule has 1 N–H and O–H groups in total. The van der Waals surface area contributed by atoms with Crippen LogP contribution in [0.1, 0.15) is 12.8 Å². The lowest BCUT2D eigenvalue weighted by molar-refractivity contribution is -0.127. The smallest absolute Gasteiger partial charge is 0.417 e. The van der Waals surface area contributed by atoms with Crippen molar-refractivity contribution in [2.45, 2.75) is 18.9 Å². The fourth-order valence-corrected chi connectivity index (χ4v) is 2.42. The summed E-state index contributed by atoms with van der Waals surface area (Å²) < 4.78 is 9.56. The second kappa shape index (κ2) is 6.56. The Morgan fingerprint density at radius 2 is 2.10 bits per heavy atom. The van der Waals surface area contributed by atoms with Crippen LogP contribution in [-0.4, -0.2) is 73.8 Å². The number of carbonyl (C=O) groups is 3. The van der Waals surface area contributed by atoms with Crippen molar-refractivity contribution in [2.24, 2.45) is 0 Å². The Morgan fingerprint density at radius 1 is 1.40 bits per heavy atom. The Morgan fingerprint density at radius 3 is 2.65 bits per heavy atom. The van der Waals surface area contributed by atoms with Gasteiger partial charge in [-0.05, 0) is 12.8 Å². The zero-order chi connectivity index (χ0) is 14.5. The highest BCUT2D eigenvalue weighted by Gasteiger charge is 2.38. The van der Waals surface area contributed by atoms with E-state index in [0.717, 1.165) is 0 Å². The second-order valence-electron chi connectivity index (χ2n) is 4.76. The Hall–Kier alpha value is -1.83. The zero-order valence-electron chi connectivity index (χ0n) is 11.5. The van der Waals surface area contributed by atoms with Crippen LogP contribution < -0.4 is 5.32 Å². The number of hydrogen-bond acceptors (Lipinski definition) is 5. The van der Waals surface area contributed by atoms with Crippen LogP contribution in [0.3, 0.4) is 0 Å². The van der Waals surface area contributed by atoms with Gasteiger partial charge in [0, 0.05) is 32.8 Å². The summed E-state index contributed by atoms with van der Waals surface area (Å²) in [6, 6.07) is -0.309. The fourth-order valence-electron chi connectivity index (χ4n) is 2.42. The molecule has 0 atom stereocenters. The molecule has 2 saturated heterocycles. The molecule has 2 fully saturated rings. The Bertz CT molecular complexity index is 377. The number of nitrogens with zero attached hydrogens (tertiary/aromatic N) is 2. The number of imide groups is 1. The van der Waals surface area contributed by atoms with Crippen molar-refractivity contribution in [3.05, 3.63) is 0 Å². The fraction of sp³-hybridized carbons (Fsp3) is 0.750. The molecule has 8 heteroatoms. The minimum Gasteiger partial charge on any atom is -0.439 e. The maximum absolute atomic E-state index is 11.8. The summed E-state index contributed by atoms with van der Waals surface area (Å²) >= 11 is 0. The second-order valence-corrected chi connectivity index (χ2v) is 4.76. The number of rotatable bonds is 4. The van der Waals surface area contributed by atoms with Crippen molar-refractivity contribution in [1.29, 1.82) is 0 Å². The van der Waals surface area contributed by atoms with Crippen LogP contribution in [0.4, 0.5) is 9.59 Å². The predicted molar refractivity (Wildman–Crippen MR) is 68.1 cm³/mol. The number of carbonyl (C=O) groups excluding carboxylic acids is 3. The summed E-state index contributed by atoms with van der Waals surface area (Å²) in [6.07, 6.45) is 0.592. The molecule has 2 aliphatic heterocycles. The molecular formula is C12H19N3O5. The van der Waals surface area contributed by atoms with Crippen LogP contribution in [0.25, 0.3) is 0 Å². The summed E-state index contributed by atoms with van der Waals surface area (Å²) in [5.74, 6) is -0.294. The molecule has 2 aliphatic rings. The van der Waals surface area contributed by atoms with Crippen molar-refractivity contribution in [3.63, 3.8) is 0 Å². The minimum atomic E-state index is -0.571. The van der Waals surface area contributed by atoms with Gasteiger partial charge in [0.05, 0.1) is 6.61 Å². The third-order valence-corrected chi connectivity index (χ3v) is 3.48. The Labute approximate surface area is 117 Å². The van der Waals surface area contributed by atoms with Crippen LogP contribution in [0.5, 0.6) is 0 Å². The highest BCUT2D eigenvalue weighted by Crippen LogP contribution is 2.20. The molecule has 0 saturated carbocycles. The molecule has 0 radical (unpaired) electrons. The van der Waals surface area contributed by atoms with E-state index in [1.165, 1.54) is 4.90 Å². The highest BCUT2D eigenvalue weighted by atomic mass is 16.6. The number of hydrogen-bond donors (Lipinski definition) is 1. The van der Waals surface area contributed by atoms with Gasteiger partial charge in [-0.2, -0.15) is 0 Å². The third-order valence-electron chi connectivity index (χ3n) is 3.48. The molecule has 0 aromatic carbocycles. The van der Waals surface area contributed by atoms with E-state index in [-0.39, 0.29) is 24.6 Å². The van der Waals surface area contributed by atoms with Crippen LogP contribution in [-0.2, 0) is 14.3 Å². The quantitative estimate of drug-likeness (QED) is 0.722.